The summed E-state index contributed by atoms with van der Waals surface area (Å²) in [6.07, 6.45) is -0.569. The average Bonchev–Trinajstić information content (AvgIpc) is 2.19. The number of carbonyl (C=O) groups is 2. The van der Waals surface area contributed by atoms with E-state index in [-0.39, 0.29) is 12.3 Å². The molecule has 0 fully saturated rings. The molecule has 3 unspecified atom stereocenters. The van der Waals surface area contributed by atoms with E-state index in [1.54, 1.807) is 13.8 Å². The average molecular weight is 362 g/mol. The summed E-state index contributed by atoms with van der Waals surface area (Å²) in [4.78, 5) is 22.7. The maximum atomic E-state index is 11.8. The van der Waals surface area contributed by atoms with Crippen LogP contribution >= 0.6 is 0 Å². The molecular formula is C10H18O10S2. The van der Waals surface area contributed by atoms with Crippen LogP contribution in [0.4, 0.5) is 0 Å². The Hall–Kier alpha value is -1.24. The fourth-order valence-electron chi connectivity index (χ4n) is 1.79. The molecule has 0 aliphatic heterocycles. The first kappa shape index (κ1) is 20.8. The van der Waals surface area contributed by atoms with Gasteiger partial charge in [-0.2, -0.15) is 16.8 Å². The van der Waals surface area contributed by atoms with E-state index in [1.807, 2.05) is 0 Å². The summed E-state index contributed by atoms with van der Waals surface area (Å²) < 4.78 is 66.8. The first-order chi connectivity index (χ1) is 9.67. The minimum atomic E-state index is -5.49. The van der Waals surface area contributed by atoms with E-state index in [1.165, 1.54) is 6.92 Å². The molecule has 0 aliphatic rings. The molecule has 0 bridgehead atoms. The third kappa shape index (κ3) is 6.25. The van der Waals surface area contributed by atoms with Crippen LogP contribution in [0.2, 0.25) is 0 Å². The lowest BCUT2D eigenvalue weighted by Crippen LogP contribution is -2.50. The van der Waals surface area contributed by atoms with Gasteiger partial charge in [-0.25, -0.2) is 0 Å². The van der Waals surface area contributed by atoms with Crippen LogP contribution in [0.15, 0.2) is 0 Å². The molecule has 0 spiro atoms. The molecule has 0 rings (SSSR count). The van der Waals surface area contributed by atoms with Gasteiger partial charge in [0.25, 0.3) is 20.2 Å². The molecule has 0 radical (unpaired) electrons. The maximum absolute atomic E-state index is 11.8. The lowest BCUT2D eigenvalue weighted by molar-refractivity contribution is -0.151. The molecule has 10 nitrogen and oxygen atoms in total. The highest BCUT2D eigenvalue weighted by Crippen LogP contribution is 2.18. The molecule has 3 atom stereocenters. The Labute approximate surface area is 128 Å². The number of carboxylic acid groups (broad SMARTS) is 1. The van der Waals surface area contributed by atoms with E-state index < -0.39 is 48.8 Å². The fraction of sp³-hybridized carbons (Fsp3) is 0.800. The number of aliphatic carboxylic acids is 1. The molecule has 0 aromatic heterocycles. The van der Waals surface area contributed by atoms with Crippen molar-refractivity contribution in [2.45, 2.75) is 43.8 Å². The summed E-state index contributed by atoms with van der Waals surface area (Å²) in [5.74, 6) is -4.05. The summed E-state index contributed by atoms with van der Waals surface area (Å²) in [5.41, 5.74) is 0. The van der Waals surface area contributed by atoms with Crippen LogP contribution in [-0.4, -0.2) is 59.6 Å². The molecule has 0 saturated carbocycles. The molecule has 0 saturated heterocycles. The Morgan fingerprint density at radius 2 is 1.36 bits per heavy atom. The van der Waals surface area contributed by atoms with Gasteiger partial charge in [0.15, 0.2) is 0 Å². The quantitative estimate of drug-likeness (QED) is 0.379. The summed E-state index contributed by atoms with van der Waals surface area (Å²) in [6.45, 7) is 4.91. The van der Waals surface area contributed by atoms with Crippen molar-refractivity contribution >= 4 is 32.2 Å². The number of ether oxygens (including phenoxy) is 1. The second kappa shape index (κ2) is 7.35. The predicted molar refractivity (Wildman–Crippen MR) is 73.3 cm³/mol. The Morgan fingerprint density at radius 3 is 1.64 bits per heavy atom. The third-order valence-corrected chi connectivity index (χ3v) is 4.91. The van der Waals surface area contributed by atoms with Crippen LogP contribution < -0.4 is 0 Å². The van der Waals surface area contributed by atoms with Crippen LogP contribution in [-0.2, 0) is 34.6 Å². The molecule has 0 aromatic carbocycles. The van der Waals surface area contributed by atoms with Crippen molar-refractivity contribution in [2.75, 3.05) is 0 Å². The van der Waals surface area contributed by atoms with Crippen LogP contribution in [0.3, 0.4) is 0 Å². The third-order valence-electron chi connectivity index (χ3n) is 2.51. The van der Waals surface area contributed by atoms with E-state index in [0.29, 0.717) is 0 Å². The van der Waals surface area contributed by atoms with Gasteiger partial charge in [-0.15, -0.1) is 0 Å². The van der Waals surface area contributed by atoms with Crippen molar-refractivity contribution in [1.82, 2.24) is 0 Å². The second-order valence-corrected chi connectivity index (χ2v) is 8.16. The number of hydrogen-bond donors (Lipinski definition) is 3. The van der Waals surface area contributed by atoms with Gasteiger partial charge in [0, 0.05) is 0 Å². The van der Waals surface area contributed by atoms with Crippen molar-refractivity contribution < 1.29 is 45.4 Å². The molecule has 0 heterocycles. The van der Waals surface area contributed by atoms with E-state index in [9.17, 15) is 26.4 Å². The van der Waals surface area contributed by atoms with Gasteiger partial charge < -0.3 is 9.84 Å². The smallest absolute Gasteiger partial charge is 0.329 e. The Kier molecular flexibility index (Phi) is 6.94. The monoisotopic (exact) mass is 362 g/mol. The maximum Gasteiger partial charge on any atom is 0.329 e. The Balaban J connectivity index is 5.67. The zero-order valence-corrected chi connectivity index (χ0v) is 13.7. The molecule has 0 aliphatic carbocycles. The summed E-state index contributed by atoms with van der Waals surface area (Å²) in [6, 6.07) is 0. The number of carboxylic acids is 1. The van der Waals surface area contributed by atoms with E-state index in [0.717, 1.165) is 0 Å². The minimum Gasteiger partial charge on any atom is -0.480 e. The van der Waals surface area contributed by atoms with Crippen LogP contribution in [0, 0.1) is 5.92 Å². The Morgan fingerprint density at radius 1 is 0.955 bits per heavy atom. The predicted octanol–water partition coefficient (Wildman–Crippen LogP) is -0.438. The summed E-state index contributed by atoms with van der Waals surface area (Å²) >= 11 is 0. The molecule has 12 heteroatoms. The highest BCUT2D eigenvalue weighted by Gasteiger charge is 2.51. The molecule has 130 valence electrons. The second-order valence-electron chi connectivity index (χ2n) is 5.09. The van der Waals surface area contributed by atoms with Crippen molar-refractivity contribution in [3.05, 3.63) is 0 Å². The van der Waals surface area contributed by atoms with Crippen molar-refractivity contribution in [3.63, 3.8) is 0 Å². The Bertz CT molecular complexity index is 618. The van der Waals surface area contributed by atoms with Crippen molar-refractivity contribution in [1.29, 1.82) is 0 Å². The number of rotatable bonds is 8. The molecule has 0 amide bonds. The van der Waals surface area contributed by atoms with Gasteiger partial charge in [0.2, 0.25) is 10.5 Å². The number of esters is 1. The molecule has 22 heavy (non-hydrogen) atoms. The van der Waals surface area contributed by atoms with Crippen LogP contribution in [0.5, 0.6) is 0 Å². The van der Waals surface area contributed by atoms with E-state index >= 15 is 0 Å². The summed E-state index contributed by atoms with van der Waals surface area (Å²) in [5, 5.41) is 2.66. The molecule has 3 N–H and O–H groups in total. The van der Waals surface area contributed by atoms with Crippen molar-refractivity contribution in [3.8, 4) is 0 Å². The van der Waals surface area contributed by atoms with E-state index in [4.69, 9.17) is 14.2 Å². The van der Waals surface area contributed by atoms with Crippen molar-refractivity contribution in [2.24, 2.45) is 5.92 Å². The highest BCUT2D eigenvalue weighted by molar-refractivity contribution is 7.91. The van der Waals surface area contributed by atoms with Gasteiger partial charge in [0.05, 0.1) is 6.10 Å². The minimum absolute atomic E-state index is 0.0452. The summed E-state index contributed by atoms with van der Waals surface area (Å²) in [7, 11) is -11.0. The fourth-order valence-corrected chi connectivity index (χ4v) is 4.04. The molecule has 0 aromatic rings. The first-order valence-corrected chi connectivity index (χ1v) is 9.04. The van der Waals surface area contributed by atoms with Gasteiger partial charge in [-0.05, 0) is 19.3 Å². The lowest BCUT2D eigenvalue weighted by Gasteiger charge is -2.21. The first-order valence-electron chi connectivity index (χ1n) is 6.03. The largest absolute Gasteiger partial charge is 0.480 e. The normalized spacial score (nSPS) is 16.8. The van der Waals surface area contributed by atoms with Crippen LogP contribution in [0.1, 0.15) is 27.2 Å². The zero-order chi connectivity index (χ0) is 17.9. The lowest BCUT2D eigenvalue weighted by atomic mass is 10.1. The van der Waals surface area contributed by atoms with Crippen LogP contribution in [0.25, 0.3) is 0 Å². The standard InChI is InChI=1S/C10H18O10S2/c1-5(2)4-6(3)20-10(13)8(22(17,18)19)7(9(11)12)21(14,15)16/h5-8H,4H2,1-3H3,(H,11,12)(H,14,15,16)(H,17,18,19). The van der Waals surface area contributed by atoms with Gasteiger partial charge in [0.1, 0.15) is 0 Å². The SMILES string of the molecule is CC(C)CC(C)OC(=O)C(C(C(=O)O)S(=O)(=O)O)S(=O)(=O)O. The highest BCUT2D eigenvalue weighted by atomic mass is 32.2. The topological polar surface area (TPSA) is 172 Å². The number of carbonyl (C=O) groups excluding carboxylic acids is 1. The zero-order valence-electron chi connectivity index (χ0n) is 12.0. The van der Waals surface area contributed by atoms with Gasteiger partial charge >= 0.3 is 11.9 Å². The van der Waals surface area contributed by atoms with Gasteiger partial charge in [-0.3, -0.25) is 18.7 Å². The van der Waals surface area contributed by atoms with Gasteiger partial charge in [-0.1, -0.05) is 13.8 Å². The number of hydrogen-bond acceptors (Lipinski definition) is 7. The molecular weight excluding hydrogens is 344 g/mol. The van der Waals surface area contributed by atoms with E-state index in [2.05, 4.69) is 4.74 Å².